The van der Waals surface area contributed by atoms with Crippen LogP contribution < -0.4 is 33.8 Å². The van der Waals surface area contributed by atoms with Gasteiger partial charge in [-0.05, 0) is 62.2 Å². The topological polar surface area (TPSA) is 132 Å². The molecule has 1 aliphatic rings. The van der Waals surface area contributed by atoms with Crippen molar-refractivity contribution in [1.29, 1.82) is 0 Å². The Hall–Kier alpha value is -4.71. The van der Waals surface area contributed by atoms with E-state index >= 15 is 0 Å². The molecule has 0 saturated carbocycles. The van der Waals surface area contributed by atoms with Crippen molar-refractivity contribution in [3.8, 4) is 23.0 Å². The Morgan fingerprint density at radius 3 is 2.24 bits per heavy atom. The monoisotopic (exact) mass is 594 g/mol. The summed E-state index contributed by atoms with van der Waals surface area (Å²) < 4.78 is 28.7. The summed E-state index contributed by atoms with van der Waals surface area (Å²) in [6.07, 6.45) is 1.68. The Morgan fingerprint density at radius 1 is 0.952 bits per heavy atom. The van der Waals surface area contributed by atoms with Gasteiger partial charge in [0.2, 0.25) is 0 Å². The minimum atomic E-state index is -0.895. The standard InChI is InChI=1S/C30H30N2O9S/c1-7-38-24-13-19(9-11-22(24)41-18(5)34)14-25-28(35)32-27(20-10-12-21(40-17(4)33)23(15-20)37-6)26(29(36)39-8-2)16(3)31-30(32)42-25/h9-15,27H,7-8H2,1-6H3/b25-14-. The average molecular weight is 595 g/mol. The highest BCUT2D eigenvalue weighted by Gasteiger charge is 2.34. The lowest BCUT2D eigenvalue weighted by molar-refractivity contribution is -0.139. The number of methoxy groups -OCH3 is 1. The molecule has 1 unspecified atom stereocenters. The zero-order chi connectivity index (χ0) is 30.6. The third kappa shape index (κ3) is 6.28. The quantitative estimate of drug-likeness (QED) is 0.271. The van der Waals surface area contributed by atoms with E-state index in [4.69, 9.17) is 23.7 Å². The number of fused-ring (bicyclic) bond motifs is 1. The lowest BCUT2D eigenvalue weighted by Gasteiger charge is -2.25. The molecule has 220 valence electrons. The SMILES string of the molecule is CCOC(=O)C1=C(C)N=c2s/c(=C\c3ccc(OC(C)=O)c(OCC)c3)c(=O)n2C1c1ccc(OC(C)=O)c(OC)c1. The van der Waals surface area contributed by atoms with Crippen LogP contribution in [0.5, 0.6) is 23.0 Å². The minimum absolute atomic E-state index is 0.132. The summed E-state index contributed by atoms with van der Waals surface area (Å²) in [5.74, 6) is -0.548. The number of carbonyl (C=O) groups is 3. The van der Waals surface area contributed by atoms with Gasteiger partial charge in [-0.15, -0.1) is 0 Å². The van der Waals surface area contributed by atoms with Gasteiger partial charge in [0.25, 0.3) is 5.56 Å². The van der Waals surface area contributed by atoms with E-state index in [0.29, 0.717) is 38.5 Å². The van der Waals surface area contributed by atoms with Gasteiger partial charge < -0.3 is 23.7 Å². The summed E-state index contributed by atoms with van der Waals surface area (Å²) in [6.45, 7) is 8.23. The molecule has 12 heteroatoms. The van der Waals surface area contributed by atoms with Gasteiger partial charge in [0.05, 0.1) is 42.2 Å². The van der Waals surface area contributed by atoms with E-state index in [2.05, 4.69) is 4.99 Å². The van der Waals surface area contributed by atoms with Gasteiger partial charge in [-0.1, -0.05) is 23.5 Å². The molecule has 4 rings (SSSR count). The molecule has 0 spiro atoms. The zero-order valence-electron chi connectivity index (χ0n) is 24.0. The molecule has 1 atom stereocenters. The molecular formula is C30H30N2O9S. The highest BCUT2D eigenvalue weighted by molar-refractivity contribution is 7.07. The summed E-state index contributed by atoms with van der Waals surface area (Å²) in [4.78, 5) is 55.1. The number of thiazole rings is 1. The second kappa shape index (κ2) is 12.9. The lowest BCUT2D eigenvalue weighted by atomic mass is 9.95. The number of carbonyl (C=O) groups excluding carboxylic acids is 3. The number of hydrogen-bond donors (Lipinski definition) is 0. The van der Waals surface area contributed by atoms with Gasteiger partial charge in [-0.3, -0.25) is 19.0 Å². The van der Waals surface area contributed by atoms with Gasteiger partial charge in [-0.2, -0.15) is 0 Å². The van der Waals surface area contributed by atoms with Crippen LogP contribution in [0.4, 0.5) is 0 Å². The Bertz CT molecular complexity index is 1770. The van der Waals surface area contributed by atoms with Crippen LogP contribution >= 0.6 is 11.3 Å². The van der Waals surface area contributed by atoms with Crippen molar-refractivity contribution < 1.29 is 38.1 Å². The van der Waals surface area contributed by atoms with E-state index in [0.717, 1.165) is 11.3 Å². The summed E-state index contributed by atoms with van der Waals surface area (Å²) >= 11 is 1.16. The molecular weight excluding hydrogens is 564 g/mol. The number of benzene rings is 2. The molecule has 2 heterocycles. The number of hydrogen-bond acceptors (Lipinski definition) is 11. The van der Waals surface area contributed by atoms with Crippen LogP contribution in [0, 0.1) is 0 Å². The Balaban J connectivity index is 1.91. The Kier molecular flexibility index (Phi) is 9.26. The second-order valence-corrected chi connectivity index (χ2v) is 10.0. The molecule has 2 aromatic carbocycles. The number of ether oxygens (including phenoxy) is 5. The van der Waals surface area contributed by atoms with E-state index in [1.54, 1.807) is 63.2 Å². The third-order valence-electron chi connectivity index (χ3n) is 6.09. The number of esters is 3. The van der Waals surface area contributed by atoms with Crippen LogP contribution in [0.3, 0.4) is 0 Å². The number of aromatic nitrogens is 1. The zero-order valence-corrected chi connectivity index (χ0v) is 24.8. The number of allylic oxidation sites excluding steroid dienone is 1. The predicted molar refractivity (Wildman–Crippen MR) is 154 cm³/mol. The van der Waals surface area contributed by atoms with Crippen molar-refractivity contribution in [2.45, 2.75) is 40.7 Å². The van der Waals surface area contributed by atoms with Crippen molar-refractivity contribution in [2.24, 2.45) is 4.99 Å². The summed E-state index contributed by atoms with van der Waals surface area (Å²) in [5.41, 5.74) is 1.37. The van der Waals surface area contributed by atoms with E-state index in [-0.39, 0.29) is 35.0 Å². The normalized spacial score (nSPS) is 14.5. The molecule has 0 N–H and O–H groups in total. The van der Waals surface area contributed by atoms with Crippen LogP contribution in [-0.4, -0.2) is 42.8 Å². The average Bonchev–Trinajstić information content (AvgIpc) is 3.23. The van der Waals surface area contributed by atoms with E-state index in [1.807, 2.05) is 0 Å². The molecule has 1 aliphatic heterocycles. The van der Waals surface area contributed by atoms with Crippen LogP contribution in [0.1, 0.15) is 51.8 Å². The molecule has 0 aliphatic carbocycles. The van der Waals surface area contributed by atoms with Gasteiger partial charge in [0.1, 0.15) is 0 Å². The van der Waals surface area contributed by atoms with Crippen molar-refractivity contribution >= 4 is 35.3 Å². The van der Waals surface area contributed by atoms with Crippen LogP contribution in [0.2, 0.25) is 0 Å². The maximum atomic E-state index is 13.9. The van der Waals surface area contributed by atoms with Crippen LogP contribution in [-0.2, 0) is 19.1 Å². The number of nitrogens with zero attached hydrogens (tertiary/aromatic N) is 2. The predicted octanol–water partition coefficient (Wildman–Crippen LogP) is 3.06. The Morgan fingerprint density at radius 2 is 1.62 bits per heavy atom. The first kappa shape index (κ1) is 30.3. The van der Waals surface area contributed by atoms with Crippen molar-refractivity contribution in [3.05, 3.63) is 78.5 Å². The molecule has 0 amide bonds. The molecule has 11 nitrogen and oxygen atoms in total. The van der Waals surface area contributed by atoms with E-state index in [1.165, 1.54) is 25.5 Å². The van der Waals surface area contributed by atoms with Crippen LogP contribution in [0.15, 0.2) is 57.5 Å². The van der Waals surface area contributed by atoms with Gasteiger partial charge in [-0.25, -0.2) is 9.79 Å². The fraction of sp³-hybridized carbons (Fsp3) is 0.300. The summed E-state index contributed by atoms with van der Waals surface area (Å²) in [6, 6.07) is 8.88. The maximum Gasteiger partial charge on any atom is 0.338 e. The molecule has 0 fully saturated rings. The van der Waals surface area contributed by atoms with E-state index in [9.17, 15) is 19.2 Å². The Labute approximate surface area is 245 Å². The molecule has 0 saturated heterocycles. The van der Waals surface area contributed by atoms with Crippen molar-refractivity contribution in [1.82, 2.24) is 4.57 Å². The first-order chi connectivity index (χ1) is 20.1. The highest BCUT2D eigenvalue weighted by Crippen LogP contribution is 2.36. The number of rotatable bonds is 9. The first-order valence-electron chi connectivity index (χ1n) is 13.1. The van der Waals surface area contributed by atoms with Crippen molar-refractivity contribution in [2.75, 3.05) is 20.3 Å². The second-order valence-electron chi connectivity index (χ2n) is 9.04. The highest BCUT2D eigenvalue weighted by atomic mass is 32.1. The molecule has 0 radical (unpaired) electrons. The van der Waals surface area contributed by atoms with E-state index < -0.39 is 23.9 Å². The minimum Gasteiger partial charge on any atom is -0.493 e. The molecule has 1 aromatic heterocycles. The fourth-order valence-corrected chi connectivity index (χ4v) is 5.52. The molecule has 3 aromatic rings. The lowest BCUT2D eigenvalue weighted by Crippen LogP contribution is -2.40. The van der Waals surface area contributed by atoms with Gasteiger partial charge in [0, 0.05) is 13.8 Å². The third-order valence-corrected chi connectivity index (χ3v) is 7.08. The largest absolute Gasteiger partial charge is 0.493 e. The van der Waals surface area contributed by atoms with Crippen molar-refractivity contribution in [3.63, 3.8) is 0 Å². The summed E-state index contributed by atoms with van der Waals surface area (Å²) in [5, 5.41) is 0. The smallest absolute Gasteiger partial charge is 0.338 e. The van der Waals surface area contributed by atoms with Gasteiger partial charge in [0.15, 0.2) is 27.8 Å². The van der Waals surface area contributed by atoms with Gasteiger partial charge >= 0.3 is 17.9 Å². The molecule has 0 bridgehead atoms. The summed E-state index contributed by atoms with van der Waals surface area (Å²) in [7, 11) is 1.42. The maximum absolute atomic E-state index is 13.9. The first-order valence-corrected chi connectivity index (χ1v) is 13.9. The fourth-order valence-electron chi connectivity index (χ4n) is 4.47. The van der Waals surface area contributed by atoms with Crippen LogP contribution in [0.25, 0.3) is 6.08 Å². The molecule has 42 heavy (non-hydrogen) atoms.